The van der Waals surface area contributed by atoms with Gasteiger partial charge in [-0.15, -0.1) is 0 Å². The first-order valence-corrected chi connectivity index (χ1v) is 11.4. The van der Waals surface area contributed by atoms with Crippen LogP contribution in [0.25, 0.3) is 10.9 Å². The SMILES string of the molecule is CCNc1n[nH]c2cc(O)c(C(=O)N3Cc4ccc(OCCN5CCOCC5)cc4C3)cc12. The first-order chi connectivity index (χ1) is 16.1. The van der Waals surface area contributed by atoms with Gasteiger partial charge in [0.15, 0.2) is 5.82 Å². The van der Waals surface area contributed by atoms with Crippen LogP contribution < -0.4 is 10.1 Å². The van der Waals surface area contributed by atoms with Crippen molar-refractivity contribution in [3.63, 3.8) is 0 Å². The van der Waals surface area contributed by atoms with E-state index in [1.165, 1.54) is 0 Å². The number of nitrogens with one attached hydrogen (secondary N) is 2. The fourth-order valence-electron chi connectivity index (χ4n) is 4.42. The Morgan fingerprint density at radius 2 is 2.03 bits per heavy atom. The molecule has 0 aliphatic carbocycles. The molecule has 2 aliphatic rings. The van der Waals surface area contributed by atoms with Crippen molar-refractivity contribution >= 4 is 22.6 Å². The molecule has 0 radical (unpaired) electrons. The van der Waals surface area contributed by atoms with Crippen molar-refractivity contribution in [3.8, 4) is 11.5 Å². The van der Waals surface area contributed by atoms with Gasteiger partial charge >= 0.3 is 0 Å². The Labute approximate surface area is 192 Å². The Hall–Kier alpha value is -3.30. The summed E-state index contributed by atoms with van der Waals surface area (Å²) in [6.07, 6.45) is 0. The van der Waals surface area contributed by atoms with Gasteiger partial charge in [-0.2, -0.15) is 5.10 Å². The minimum atomic E-state index is -0.205. The molecule has 0 atom stereocenters. The number of aromatic hydroxyl groups is 1. The third-order valence-corrected chi connectivity index (χ3v) is 6.22. The number of fused-ring (bicyclic) bond motifs is 2. The zero-order valence-corrected chi connectivity index (χ0v) is 18.8. The molecular weight excluding hydrogens is 422 g/mol. The van der Waals surface area contributed by atoms with Gasteiger partial charge < -0.3 is 24.8 Å². The molecule has 9 nitrogen and oxygen atoms in total. The van der Waals surface area contributed by atoms with E-state index in [0.29, 0.717) is 37.6 Å². The number of morpholine rings is 1. The molecule has 1 saturated heterocycles. The van der Waals surface area contributed by atoms with E-state index < -0.39 is 0 Å². The lowest BCUT2D eigenvalue weighted by molar-refractivity contribution is 0.0322. The van der Waals surface area contributed by atoms with E-state index in [1.807, 2.05) is 25.1 Å². The van der Waals surface area contributed by atoms with Crippen molar-refractivity contribution in [2.45, 2.75) is 20.0 Å². The van der Waals surface area contributed by atoms with E-state index in [-0.39, 0.29) is 17.2 Å². The molecule has 9 heteroatoms. The third-order valence-electron chi connectivity index (χ3n) is 6.22. The average Bonchev–Trinajstić information content (AvgIpc) is 3.42. The number of ether oxygens (including phenoxy) is 2. The summed E-state index contributed by atoms with van der Waals surface area (Å²) in [7, 11) is 0. The van der Waals surface area contributed by atoms with Crippen molar-refractivity contribution < 1.29 is 19.4 Å². The summed E-state index contributed by atoms with van der Waals surface area (Å²) in [5.41, 5.74) is 3.13. The second-order valence-corrected chi connectivity index (χ2v) is 8.41. The van der Waals surface area contributed by atoms with Gasteiger partial charge in [-0.25, -0.2) is 0 Å². The van der Waals surface area contributed by atoms with Crippen LogP contribution in [0.5, 0.6) is 11.5 Å². The van der Waals surface area contributed by atoms with Crippen LogP contribution in [0.4, 0.5) is 5.82 Å². The van der Waals surface area contributed by atoms with Crippen LogP contribution in [0, 0.1) is 0 Å². The summed E-state index contributed by atoms with van der Waals surface area (Å²) in [6, 6.07) is 9.26. The lowest BCUT2D eigenvalue weighted by Gasteiger charge is -2.26. The highest BCUT2D eigenvalue weighted by Crippen LogP contribution is 2.32. The molecule has 2 aromatic carbocycles. The molecule has 0 saturated carbocycles. The highest BCUT2D eigenvalue weighted by atomic mass is 16.5. The maximum atomic E-state index is 13.3. The Morgan fingerprint density at radius 3 is 2.85 bits per heavy atom. The van der Waals surface area contributed by atoms with Crippen molar-refractivity contribution in [2.24, 2.45) is 0 Å². The minimum Gasteiger partial charge on any atom is -0.507 e. The van der Waals surface area contributed by atoms with Crippen molar-refractivity contribution in [3.05, 3.63) is 47.0 Å². The molecule has 2 aliphatic heterocycles. The maximum Gasteiger partial charge on any atom is 0.258 e. The highest BCUT2D eigenvalue weighted by Gasteiger charge is 2.27. The first-order valence-electron chi connectivity index (χ1n) is 11.4. The van der Waals surface area contributed by atoms with Crippen LogP contribution in [0.15, 0.2) is 30.3 Å². The topological polar surface area (TPSA) is 103 Å². The number of anilines is 1. The molecule has 1 fully saturated rings. The van der Waals surface area contributed by atoms with Crippen molar-refractivity contribution in [2.75, 3.05) is 51.3 Å². The van der Waals surface area contributed by atoms with Crippen LogP contribution in [-0.4, -0.2) is 77.0 Å². The van der Waals surface area contributed by atoms with Gasteiger partial charge in [0.2, 0.25) is 0 Å². The molecule has 1 aromatic heterocycles. The van der Waals surface area contributed by atoms with Crippen LogP contribution >= 0.6 is 0 Å². The number of rotatable bonds is 7. The molecule has 3 aromatic rings. The molecule has 0 unspecified atom stereocenters. The Morgan fingerprint density at radius 1 is 1.21 bits per heavy atom. The zero-order valence-electron chi connectivity index (χ0n) is 18.8. The summed E-state index contributed by atoms with van der Waals surface area (Å²) in [4.78, 5) is 17.4. The quantitative estimate of drug-likeness (QED) is 0.507. The van der Waals surface area contributed by atoms with E-state index in [0.717, 1.165) is 55.1 Å². The van der Waals surface area contributed by atoms with Gasteiger partial charge in [0, 0.05) is 50.7 Å². The molecule has 0 spiro atoms. The number of H-pyrrole nitrogens is 1. The number of phenols is 1. The van der Waals surface area contributed by atoms with Gasteiger partial charge in [0.05, 0.1) is 24.3 Å². The molecule has 5 rings (SSSR count). The molecule has 33 heavy (non-hydrogen) atoms. The smallest absolute Gasteiger partial charge is 0.258 e. The van der Waals surface area contributed by atoms with Crippen LogP contribution in [-0.2, 0) is 17.8 Å². The predicted molar refractivity (Wildman–Crippen MR) is 125 cm³/mol. The number of aromatic nitrogens is 2. The van der Waals surface area contributed by atoms with E-state index >= 15 is 0 Å². The number of aromatic amines is 1. The van der Waals surface area contributed by atoms with Crippen LogP contribution in [0.2, 0.25) is 0 Å². The minimum absolute atomic E-state index is 0.0534. The maximum absolute atomic E-state index is 13.3. The number of amides is 1. The molecule has 3 N–H and O–H groups in total. The number of carbonyl (C=O) groups is 1. The Balaban J connectivity index is 1.26. The summed E-state index contributed by atoms with van der Waals surface area (Å²) in [6.45, 7) is 8.62. The van der Waals surface area contributed by atoms with Crippen molar-refractivity contribution in [1.29, 1.82) is 0 Å². The second-order valence-electron chi connectivity index (χ2n) is 8.41. The fraction of sp³-hybridized carbons (Fsp3) is 0.417. The predicted octanol–water partition coefficient (Wildman–Crippen LogP) is 2.57. The molecular formula is C24H29N5O4. The van der Waals surface area contributed by atoms with E-state index in [2.05, 4.69) is 20.4 Å². The van der Waals surface area contributed by atoms with Gasteiger partial charge in [0.25, 0.3) is 5.91 Å². The van der Waals surface area contributed by atoms with Crippen LogP contribution in [0.1, 0.15) is 28.4 Å². The van der Waals surface area contributed by atoms with E-state index in [1.54, 1.807) is 17.0 Å². The first kappa shape index (κ1) is 21.5. The molecule has 0 bridgehead atoms. The number of carbonyl (C=O) groups excluding carboxylic acids is 1. The lowest BCUT2D eigenvalue weighted by atomic mass is 10.1. The number of hydrogen-bond acceptors (Lipinski definition) is 7. The monoisotopic (exact) mass is 451 g/mol. The summed E-state index contributed by atoms with van der Waals surface area (Å²) in [5.74, 6) is 1.23. The Kier molecular flexibility index (Phi) is 6.06. The molecule has 174 valence electrons. The summed E-state index contributed by atoms with van der Waals surface area (Å²) in [5, 5.41) is 21.6. The summed E-state index contributed by atoms with van der Waals surface area (Å²) < 4.78 is 11.3. The molecule has 3 heterocycles. The second kappa shape index (κ2) is 9.29. The van der Waals surface area contributed by atoms with E-state index in [9.17, 15) is 9.90 Å². The van der Waals surface area contributed by atoms with Crippen molar-refractivity contribution in [1.82, 2.24) is 20.0 Å². The number of phenolic OH excluding ortho intramolecular Hbond substituents is 1. The lowest BCUT2D eigenvalue weighted by Crippen LogP contribution is -2.38. The Bertz CT molecular complexity index is 1160. The average molecular weight is 452 g/mol. The standard InChI is InChI=1S/C24H29N5O4/c1-2-25-23-19-12-20(22(30)13-21(19)26-27-23)24(31)29-14-16-3-4-18(11-17(16)15-29)33-10-7-28-5-8-32-9-6-28/h3-4,11-13,30H,2,5-10,14-15H2,1H3,(H2,25,26,27). The van der Waals surface area contributed by atoms with Gasteiger partial charge in [-0.05, 0) is 36.2 Å². The number of benzene rings is 2. The number of hydrogen-bond donors (Lipinski definition) is 3. The zero-order chi connectivity index (χ0) is 22.8. The highest BCUT2D eigenvalue weighted by molar-refractivity contribution is 6.03. The molecule has 1 amide bonds. The van der Waals surface area contributed by atoms with Crippen LogP contribution in [0.3, 0.4) is 0 Å². The van der Waals surface area contributed by atoms with Gasteiger partial charge in [-0.1, -0.05) is 6.07 Å². The third kappa shape index (κ3) is 4.46. The normalized spacial score (nSPS) is 16.2. The fourth-order valence-corrected chi connectivity index (χ4v) is 4.42. The summed E-state index contributed by atoms with van der Waals surface area (Å²) >= 11 is 0. The van der Waals surface area contributed by atoms with Gasteiger partial charge in [-0.3, -0.25) is 14.8 Å². The van der Waals surface area contributed by atoms with E-state index in [4.69, 9.17) is 9.47 Å². The largest absolute Gasteiger partial charge is 0.507 e. The number of nitrogens with zero attached hydrogens (tertiary/aromatic N) is 3. The van der Waals surface area contributed by atoms with Gasteiger partial charge in [0.1, 0.15) is 18.1 Å².